The highest BCUT2D eigenvalue weighted by Gasteiger charge is 2.12. The van der Waals surface area contributed by atoms with Crippen LogP contribution in [0, 0.1) is 13.8 Å². The molecular weight excluding hydrogens is 276 g/mol. The molecule has 0 bridgehead atoms. The van der Waals surface area contributed by atoms with Crippen LogP contribution in [-0.4, -0.2) is 26.6 Å². The molecule has 0 aliphatic rings. The largest absolute Gasteiger partial charge is 0.495 e. The highest BCUT2D eigenvalue weighted by Crippen LogP contribution is 2.26. The van der Waals surface area contributed by atoms with Crippen molar-refractivity contribution in [3.05, 3.63) is 53.6 Å². The number of nitrogens with one attached hydrogen (secondary N) is 1. The summed E-state index contributed by atoms with van der Waals surface area (Å²) in [6, 6.07) is 13.6. The lowest BCUT2D eigenvalue weighted by atomic mass is 10.1. The molecule has 0 spiro atoms. The number of amides is 1. The van der Waals surface area contributed by atoms with Crippen LogP contribution in [0.25, 0.3) is 0 Å². The zero-order valence-electron chi connectivity index (χ0n) is 13.5. The van der Waals surface area contributed by atoms with Crippen molar-refractivity contribution in [3.63, 3.8) is 0 Å². The third kappa shape index (κ3) is 3.79. The van der Waals surface area contributed by atoms with E-state index >= 15 is 0 Å². The average Bonchev–Trinajstić information content (AvgIpc) is 2.50. The fourth-order valence-electron chi connectivity index (χ4n) is 2.39. The van der Waals surface area contributed by atoms with E-state index in [1.165, 1.54) is 5.56 Å². The molecule has 0 saturated heterocycles. The maximum atomic E-state index is 12.2. The molecule has 0 aliphatic heterocycles. The number of likely N-dealkylation sites (N-methyl/N-ethyl adjacent to an activating group) is 1. The minimum absolute atomic E-state index is 0.0552. The van der Waals surface area contributed by atoms with Gasteiger partial charge in [-0.3, -0.25) is 4.79 Å². The molecule has 2 rings (SSSR count). The van der Waals surface area contributed by atoms with Gasteiger partial charge in [-0.15, -0.1) is 0 Å². The molecule has 1 amide bonds. The lowest BCUT2D eigenvalue weighted by molar-refractivity contribution is -0.114. The van der Waals surface area contributed by atoms with Crippen molar-refractivity contribution in [1.82, 2.24) is 0 Å². The Balaban J connectivity index is 2.05. The van der Waals surface area contributed by atoms with Gasteiger partial charge in [0.25, 0.3) is 0 Å². The molecule has 0 fully saturated rings. The second-order valence-electron chi connectivity index (χ2n) is 5.39. The van der Waals surface area contributed by atoms with Crippen LogP contribution in [-0.2, 0) is 4.79 Å². The number of para-hydroxylation sites is 2. The number of aryl methyl sites for hydroxylation is 2. The summed E-state index contributed by atoms with van der Waals surface area (Å²) < 4.78 is 5.33. The number of ether oxygens (including phenoxy) is 1. The van der Waals surface area contributed by atoms with E-state index in [1.807, 2.05) is 62.2 Å². The standard InChI is InChI=1S/C18H22N2O2/c1-13-9-10-15(14(2)11-13)19-18(21)12-20(3)16-7-5-6-8-17(16)22-4/h5-11H,12H2,1-4H3,(H,19,21). The van der Waals surface area contributed by atoms with Gasteiger partial charge in [0.1, 0.15) is 5.75 Å². The van der Waals surface area contributed by atoms with E-state index in [1.54, 1.807) is 7.11 Å². The van der Waals surface area contributed by atoms with Gasteiger partial charge in [-0.1, -0.05) is 29.8 Å². The third-order valence-electron chi connectivity index (χ3n) is 3.53. The van der Waals surface area contributed by atoms with Gasteiger partial charge in [-0.25, -0.2) is 0 Å². The Kier molecular flexibility index (Phi) is 5.04. The number of anilines is 2. The van der Waals surface area contributed by atoms with Gasteiger partial charge >= 0.3 is 0 Å². The Bertz CT molecular complexity index is 668. The molecule has 0 aliphatic carbocycles. The van der Waals surface area contributed by atoms with Gasteiger partial charge in [0.05, 0.1) is 19.3 Å². The number of carbonyl (C=O) groups excluding carboxylic acids is 1. The van der Waals surface area contributed by atoms with E-state index in [0.29, 0.717) is 0 Å². The molecule has 0 aromatic heterocycles. The second-order valence-corrected chi connectivity index (χ2v) is 5.39. The van der Waals surface area contributed by atoms with Crippen molar-refractivity contribution in [2.45, 2.75) is 13.8 Å². The van der Waals surface area contributed by atoms with E-state index in [0.717, 1.165) is 22.7 Å². The second kappa shape index (κ2) is 6.98. The van der Waals surface area contributed by atoms with Gasteiger partial charge < -0.3 is 15.0 Å². The van der Waals surface area contributed by atoms with Crippen molar-refractivity contribution < 1.29 is 9.53 Å². The first-order valence-corrected chi connectivity index (χ1v) is 7.22. The summed E-state index contributed by atoms with van der Waals surface area (Å²) in [6.45, 7) is 4.29. The normalized spacial score (nSPS) is 10.2. The Morgan fingerprint density at radius 2 is 1.91 bits per heavy atom. The minimum Gasteiger partial charge on any atom is -0.495 e. The first-order valence-electron chi connectivity index (χ1n) is 7.22. The Labute approximate surface area is 131 Å². The number of benzene rings is 2. The highest BCUT2D eigenvalue weighted by molar-refractivity contribution is 5.94. The lowest BCUT2D eigenvalue weighted by Gasteiger charge is -2.21. The van der Waals surface area contributed by atoms with E-state index in [4.69, 9.17) is 4.74 Å². The molecule has 4 heteroatoms. The number of nitrogens with zero attached hydrogens (tertiary/aromatic N) is 1. The fraction of sp³-hybridized carbons (Fsp3) is 0.278. The van der Waals surface area contributed by atoms with Crippen LogP contribution in [0.4, 0.5) is 11.4 Å². The highest BCUT2D eigenvalue weighted by atomic mass is 16.5. The molecule has 116 valence electrons. The van der Waals surface area contributed by atoms with E-state index < -0.39 is 0 Å². The van der Waals surface area contributed by atoms with Crippen LogP contribution in [0.15, 0.2) is 42.5 Å². The molecule has 0 saturated carbocycles. The smallest absolute Gasteiger partial charge is 0.243 e. The van der Waals surface area contributed by atoms with Gasteiger partial charge in [-0.05, 0) is 37.6 Å². The minimum atomic E-state index is -0.0552. The lowest BCUT2D eigenvalue weighted by Crippen LogP contribution is -2.30. The van der Waals surface area contributed by atoms with Crippen LogP contribution in [0.3, 0.4) is 0 Å². The van der Waals surface area contributed by atoms with E-state index in [2.05, 4.69) is 11.4 Å². The van der Waals surface area contributed by atoms with Gasteiger partial charge in [0.15, 0.2) is 0 Å². The molecule has 2 aromatic rings. The monoisotopic (exact) mass is 298 g/mol. The van der Waals surface area contributed by atoms with Gasteiger partial charge in [0, 0.05) is 12.7 Å². The fourth-order valence-corrected chi connectivity index (χ4v) is 2.39. The number of carbonyl (C=O) groups is 1. The van der Waals surface area contributed by atoms with Crippen LogP contribution < -0.4 is 15.0 Å². The van der Waals surface area contributed by atoms with Crippen molar-refractivity contribution >= 4 is 17.3 Å². The molecule has 2 aromatic carbocycles. The molecular formula is C18H22N2O2. The summed E-state index contributed by atoms with van der Waals surface area (Å²) in [5.41, 5.74) is 3.99. The molecule has 4 nitrogen and oxygen atoms in total. The maximum Gasteiger partial charge on any atom is 0.243 e. The van der Waals surface area contributed by atoms with E-state index in [-0.39, 0.29) is 12.5 Å². The topological polar surface area (TPSA) is 41.6 Å². The van der Waals surface area contributed by atoms with Crippen LogP contribution in [0.2, 0.25) is 0 Å². The van der Waals surface area contributed by atoms with Crippen molar-refractivity contribution in [2.75, 3.05) is 30.9 Å². The Morgan fingerprint density at radius 3 is 2.59 bits per heavy atom. The summed E-state index contributed by atoms with van der Waals surface area (Å²) in [7, 11) is 3.50. The van der Waals surface area contributed by atoms with Crippen LogP contribution >= 0.6 is 0 Å². The zero-order valence-corrected chi connectivity index (χ0v) is 13.5. The summed E-state index contributed by atoms with van der Waals surface area (Å²) in [4.78, 5) is 14.1. The SMILES string of the molecule is COc1ccccc1N(C)CC(=O)Nc1ccc(C)cc1C. The van der Waals surface area contributed by atoms with Crippen molar-refractivity contribution in [2.24, 2.45) is 0 Å². The Hall–Kier alpha value is -2.49. The molecule has 0 radical (unpaired) electrons. The molecule has 22 heavy (non-hydrogen) atoms. The first-order chi connectivity index (χ1) is 10.5. The number of rotatable bonds is 5. The number of methoxy groups -OCH3 is 1. The molecule has 0 heterocycles. The summed E-state index contributed by atoms with van der Waals surface area (Å²) in [6.07, 6.45) is 0. The van der Waals surface area contributed by atoms with Crippen molar-refractivity contribution in [3.8, 4) is 5.75 Å². The van der Waals surface area contributed by atoms with Crippen LogP contribution in [0.5, 0.6) is 5.75 Å². The summed E-state index contributed by atoms with van der Waals surface area (Å²) in [5.74, 6) is 0.699. The quantitative estimate of drug-likeness (QED) is 0.920. The number of hydrogen-bond donors (Lipinski definition) is 1. The maximum absolute atomic E-state index is 12.2. The van der Waals surface area contributed by atoms with E-state index in [9.17, 15) is 4.79 Å². The summed E-state index contributed by atoms with van der Waals surface area (Å²) in [5, 5.41) is 2.95. The molecule has 0 atom stereocenters. The van der Waals surface area contributed by atoms with Gasteiger partial charge in [-0.2, -0.15) is 0 Å². The Morgan fingerprint density at radius 1 is 1.18 bits per heavy atom. The molecule has 1 N–H and O–H groups in total. The van der Waals surface area contributed by atoms with Gasteiger partial charge in [0.2, 0.25) is 5.91 Å². The first kappa shape index (κ1) is 15.9. The predicted octanol–water partition coefficient (Wildman–Crippen LogP) is 3.39. The summed E-state index contributed by atoms with van der Waals surface area (Å²) >= 11 is 0. The molecule has 0 unspecified atom stereocenters. The van der Waals surface area contributed by atoms with Crippen LogP contribution in [0.1, 0.15) is 11.1 Å². The van der Waals surface area contributed by atoms with Crippen molar-refractivity contribution in [1.29, 1.82) is 0 Å². The third-order valence-corrected chi connectivity index (χ3v) is 3.53. The predicted molar refractivity (Wildman–Crippen MR) is 90.8 cm³/mol. The number of hydrogen-bond acceptors (Lipinski definition) is 3. The zero-order chi connectivity index (χ0) is 16.1. The average molecular weight is 298 g/mol.